The highest BCUT2D eigenvalue weighted by molar-refractivity contribution is 8.00. The van der Waals surface area contributed by atoms with Gasteiger partial charge in [-0.1, -0.05) is 5.21 Å². The average molecular weight is 268 g/mol. The zero-order valence-electron chi connectivity index (χ0n) is 10.3. The standard InChI is InChI=1S/C11H16N4O2S/c1-14-8-9(12-13-14)10(16)15-4-2-11(3-5-15)17-6-7-18-11/h8H,2-7H2,1H3. The van der Waals surface area contributed by atoms with Crippen LogP contribution < -0.4 is 0 Å². The van der Waals surface area contributed by atoms with Gasteiger partial charge in [-0.15, -0.1) is 16.9 Å². The quantitative estimate of drug-likeness (QED) is 0.743. The van der Waals surface area contributed by atoms with Crippen molar-refractivity contribution in [2.45, 2.75) is 17.8 Å². The molecule has 0 aliphatic carbocycles. The van der Waals surface area contributed by atoms with Gasteiger partial charge in [-0.2, -0.15) is 0 Å². The minimum absolute atomic E-state index is 0.0269. The van der Waals surface area contributed by atoms with Crippen LogP contribution in [0.3, 0.4) is 0 Å². The van der Waals surface area contributed by atoms with Crippen molar-refractivity contribution in [3.63, 3.8) is 0 Å². The van der Waals surface area contributed by atoms with Gasteiger partial charge in [0.25, 0.3) is 5.91 Å². The van der Waals surface area contributed by atoms with Crippen molar-refractivity contribution in [3.05, 3.63) is 11.9 Å². The zero-order chi connectivity index (χ0) is 12.6. The Bertz CT molecular complexity index is 446. The van der Waals surface area contributed by atoms with E-state index in [9.17, 15) is 4.79 Å². The normalized spacial score (nSPS) is 22.6. The molecule has 1 spiro atoms. The number of amides is 1. The summed E-state index contributed by atoms with van der Waals surface area (Å²) in [5.41, 5.74) is 0.424. The highest BCUT2D eigenvalue weighted by atomic mass is 32.2. The second-order valence-electron chi connectivity index (χ2n) is 4.68. The number of hydrogen-bond acceptors (Lipinski definition) is 5. The Balaban J connectivity index is 1.64. The first-order chi connectivity index (χ1) is 8.69. The Kier molecular flexibility index (Phi) is 3.03. The van der Waals surface area contributed by atoms with E-state index in [0.717, 1.165) is 38.3 Å². The molecular weight excluding hydrogens is 252 g/mol. The topological polar surface area (TPSA) is 60.2 Å². The van der Waals surface area contributed by atoms with E-state index in [-0.39, 0.29) is 10.8 Å². The van der Waals surface area contributed by atoms with Crippen LogP contribution in [0.5, 0.6) is 0 Å². The van der Waals surface area contributed by atoms with Crippen molar-refractivity contribution in [3.8, 4) is 0 Å². The minimum Gasteiger partial charge on any atom is -0.363 e. The first-order valence-electron chi connectivity index (χ1n) is 6.12. The third-order valence-electron chi connectivity index (χ3n) is 3.45. The van der Waals surface area contributed by atoms with E-state index in [1.54, 1.807) is 17.9 Å². The van der Waals surface area contributed by atoms with Gasteiger partial charge in [0, 0.05) is 38.7 Å². The first kappa shape index (κ1) is 12.0. The Labute approximate surface area is 110 Å². The molecule has 0 saturated carbocycles. The van der Waals surface area contributed by atoms with Crippen LogP contribution in [0.4, 0.5) is 0 Å². The number of thioether (sulfide) groups is 1. The lowest BCUT2D eigenvalue weighted by molar-refractivity contribution is 0.00337. The summed E-state index contributed by atoms with van der Waals surface area (Å²) in [6.45, 7) is 2.31. The van der Waals surface area contributed by atoms with Crippen molar-refractivity contribution < 1.29 is 9.53 Å². The van der Waals surface area contributed by atoms with E-state index < -0.39 is 0 Å². The first-order valence-corrected chi connectivity index (χ1v) is 7.11. The number of rotatable bonds is 1. The molecular formula is C11H16N4O2S. The van der Waals surface area contributed by atoms with Gasteiger partial charge < -0.3 is 9.64 Å². The SMILES string of the molecule is Cn1cc(C(=O)N2CCC3(CC2)OCCS3)nn1. The molecule has 0 N–H and O–H groups in total. The molecule has 1 aromatic heterocycles. The number of aryl methyl sites for hydroxylation is 1. The van der Waals surface area contributed by atoms with Crippen LogP contribution in [0.2, 0.25) is 0 Å². The van der Waals surface area contributed by atoms with Crippen LogP contribution in [0, 0.1) is 0 Å². The average Bonchev–Trinajstić information content (AvgIpc) is 3.00. The summed E-state index contributed by atoms with van der Waals surface area (Å²) in [6, 6.07) is 0. The van der Waals surface area contributed by atoms with Crippen molar-refractivity contribution >= 4 is 17.7 Å². The van der Waals surface area contributed by atoms with Gasteiger partial charge in [-0.25, -0.2) is 0 Å². The van der Waals surface area contributed by atoms with Gasteiger partial charge in [-0.3, -0.25) is 9.48 Å². The number of ether oxygens (including phenoxy) is 1. The fraction of sp³-hybridized carbons (Fsp3) is 0.727. The summed E-state index contributed by atoms with van der Waals surface area (Å²) in [5, 5.41) is 7.66. The van der Waals surface area contributed by atoms with Crippen LogP contribution >= 0.6 is 11.8 Å². The van der Waals surface area contributed by atoms with Gasteiger partial charge >= 0.3 is 0 Å². The van der Waals surface area contributed by atoms with E-state index in [2.05, 4.69) is 10.3 Å². The van der Waals surface area contributed by atoms with E-state index in [1.165, 1.54) is 0 Å². The molecule has 3 heterocycles. The Hall–Kier alpha value is -1.08. The second kappa shape index (κ2) is 4.55. The molecule has 1 amide bonds. The highest BCUT2D eigenvalue weighted by Gasteiger charge is 2.40. The predicted molar refractivity (Wildman–Crippen MR) is 67.3 cm³/mol. The zero-order valence-corrected chi connectivity index (χ0v) is 11.2. The molecule has 2 aliphatic rings. The van der Waals surface area contributed by atoms with Gasteiger partial charge in [0.15, 0.2) is 5.69 Å². The van der Waals surface area contributed by atoms with Gasteiger partial charge in [0.2, 0.25) is 0 Å². The monoisotopic (exact) mass is 268 g/mol. The summed E-state index contributed by atoms with van der Waals surface area (Å²) in [7, 11) is 1.76. The fourth-order valence-electron chi connectivity index (χ4n) is 2.44. The number of likely N-dealkylation sites (tertiary alicyclic amines) is 1. The summed E-state index contributed by atoms with van der Waals surface area (Å²) < 4.78 is 7.36. The molecule has 18 heavy (non-hydrogen) atoms. The van der Waals surface area contributed by atoms with E-state index in [0.29, 0.717) is 5.69 Å². The maximum Gasteiger partial charge on any atom is 0.276 e. The van der Waals surface area contributed by atoms with E-state index in [1.807, 2.05) is 16.7 Å². The number of hydrogen-bond donors (Lipinski definition) is 0. The molecule has 0 unspecified atom stereocenters. The van der Waals surface area contributed by atoms with Gasteiger partial charge in [0.1, 0.15) is 4.93 Å². The smallest absolute Gasteiger partial charge is 0.276 e. The molecule has 1 aromatic rings. The highest BCUT2D eigenvalue weighted by Crippen LogP contribution is 2.41. The predicted octanol–water partition coefficient (Wildman–Crippen LogP) is 0.511. The molecule has 98 valence electrons. The minimum atomic E-state index is -0.0286. The van der Waals surface area contributed by atoms with Crippen molar-refractivity contribution in [2.24, 2.45) is 7.05 Å². The molecule has 7 heteroatoms. The number of nitrogens with zero attached hydrogens (tertiary/aromatic N) is 4. The summed E-state index contributed by atoms with van der Waals surface area (Å²) in [5.74, 6) is 1.04. The van der Waals surface area contributed by atoms with Crippen molar-refractivity contribution in [1.82, 2.24) is 19.9 Å². The van der Waals surface area contributed by atoms with Crippen LogP contribution in [-0.4, -0.2) is 56.2 Å². The van der Waals surface area contributed by atoms with Crippen LogP contribution in [-0.2, 0) is 11.8 Å². The molecule has 2 saturated heterocycles. The number of carbonyl (C=O) groups is 1. The largest absolute Gasteiger partial charge is 0.363 e. The van der Waals surface area contributed by atoms with E-state index in [4.69, 9.17) is 4.74 Å². The van der Waals surface area contributed by atoms with Crippen molar-refractivity contribution in [1.29, 1.82) is 0 Å². The maximum absolute atomic E-state index is 12.2. The number of aromatic nitrogens is 3. The lowest BCUT2D eigenvalue weighted by Crippen LogP contribution is -2.45. The Morgan fingerprint density at radius 2 is 2.28 bits per heavy atom. The summed E-state index contributed by atoms with van der Waals surface area (Å²) in [4.78, 5) is 14.0. The van der Waals surface area contributed by atoms with E-state index >= 15 is 0 Å². The molecule has 0 bridgehead atoms. The van der Waals surface area contributed by atoms with Crippen LogP contribution in [0.1, 0.15) is 23.3 Å². The Morgan fingerprint density at radius 3 is 2.83 bits per heavy atom. The molecule has 0 atom stereocenters. The number of piperidine rings is 1. The molecule has 3 rings (SSSR count). The summed E-state index contributed by atoms with van der Waals surface area (Å²) in [6.07, 6.45) is 3.47. The number of carbonyl (C=O) groups excluding carboxylic acids is 1. The van der Waals surface area contributed by atoms with Crippen LogP contribution in [0.25, 0.3) is 0 Å². The molecule has 6 nitrogen and oxygen atoms in total. The third kappa shape index (κ3) is 2.12. The molecule has 2 fully saturated rings. The lowest BCUT2D eigenvalue weighted by atomic mass is 10.1. The molecule has 2 aliphatic heterocycles. The third-order valence-corrected chi connectivity index (χ3v) is 4.87. The van der Waals surface area contributed by atoms with Gasteiger partial charge in [-0.05, 0) is 0 Å². The van der Waals surface area contributed by atoms with Gasteiger partial charge in [0.05, 0.1) is 12.8 Å². The lowest BCUT2D eigenvalue weighted by Gasteiger charge is -2.37. The summed E-state index contributed by atoms with van der Waals surface area (Å²) >= 11 is 1.89. The molecule has 0 radical (unpaired) electrons. The van der Waals surface area contributed by atoms with Crippen molar-refractivity contribution in [2.75, 3.05) is 25.4 Å². The fourth-order valence-corrected chi connectivity index (χ4v) is 3.62. The Morgan fingerprint density at radius 1 is 1.50 bits per heavy atom. The molecule has 0 aromatic carbocycles. The second-order valence-corrected chi connectivity index (χ2v) is 6.12. The maximum atomic E-state index is 12.2. The van der Waals surface area contributed by atoms with Crippen LogP contribution in [0.15, 0.2) is 6.20 Å².